The number of aromatic nitrogens is 2. The normalized spacial score (nSPS) is 18.0. The van der Waals surface area contributed by atoms with E-state index in [1.165, 1.54) is 28.6 Å². The topological polar surface area (TPSA) is 74.5 Å². The number of nitrogens with zero attached hydrogens (tertiary/aromatic N) is 2. The fourth-order valence-electron chi connectivity index (χ4n) is 3.73. The van der Waals surface area contributed by atoms with Crippen molar-refractivity contribution in [1.82, 2.24) is 10.2 Å². The van der Waals surface area contributed by atoms with Gasteiger partial charge >= 0.3 is 0 Å². The number of Topliss-reactive ketones (excluding diaryl/α,β-unsaturated/α-hetero) is 1. The van der Waals surface area contributed by atoms with Crippen molar-refractivity contribution in [2.24, 2.45) is 5.92 Å². The fraction of sp³-hybridized carbons (Fsp3) is 0.409. The van der Waals surface area contributed by atoms with Crippen LogP contribution in [0.4, 0.5) is 0 Å². The number of hydrogen-bond donors (Lipinski definition) is 0. The van der Waals surface area contributed by atoms with Gasteiger partial charge in [-0.15, -0.1) is 21.5 Å². The summed E-state index contributed by atoms with van der Waals surface area (Å²) in [6, 6.07) is 7.50. The van der Waals surface area contributed by atoms with Gasteiger partial charge in [-0.05, 0) is 55.0 Å². The van der Waals surface area contributed by atoms with Gasteiger partial charge in [-0.2, -0.15) is 0 Å². The minimum atomic E-state index is -0.0176. The van der Waals surface area contributed by atoms with E-state index in [1.807, 2.05) is 0 Å². The minimum Gasteiger partial charge on any atom is -0.490 e. The Balaban J connectivity index is 1.24. The van der Waals surface area contributed by atoms with Gasteiger partial charge in [-0.1, -0.05) is 18.7 Å². The molecule has 30 heavy (non-hydrogen) atoms. The van der Waals surface area contributed by atoms with Crippen LogP contribution in [0.1, 0.15) is 40.6 Å². The fourth-order valence-corrected chi connectivity index (χ4v) is 5.51. The molecule has 1 atom stereocenters. The number of carbonyl (C=O) groups is 1. The number of aryl methyl sites for hydroxylation is 1. The Morgan fingerprint density at radius 2 is 2.07 bits per heavy atom. The lowest BCUT2D eigenvalue weighted by Gasteiger charge is -2.16. The molecule has 1 aliphatic carbocycles. The molecule has 6 nitrogen and oxygen atoms in total. The van der Waals surface area contributed by atoms with Crippen LogP contribution in [0.2, 0.25) is 0 Å². The summed E-state index contributed by atoms with van der Waals surface area (Å²) in [7, 11) is 0. The van der Waals surface area contributed by atoms with E-state index in [9.17, 15) is 4.79 Å². The maximum Gasteiger partial charge on any atom is 0.277 e. The zero-order chi connectivity index (χ0) is 20.5. The molecule has 1 aliphatic heterocycles. The lowest BCUT2D eigenvalue weighted by atomic mass is 9.90. The Labute approximate surface area is 183 Å². The molecule has 2 aliphatic rings. The van der Waals surface area contributed by atoms with Gasteiger partial charge in [-0.25, -0.2) is 0 Å². The predicted octanol–water partition coefficient (Wildman–Crippen LogP) is 5.06. The summed E-state index contributed by atoms with van der Waals surface area (Å²) < 4.78 is 17.1. The molecule has 1 aromatic carbocycles. The zero-order valence-corrected chi connectivity index (χ0v) is 18.3. The first-order valence-corrected chi connectivity index (χ1v) is 12.0. The van der Waals surface area contributed by atoms with E-state index in [4.69, 9.17) is 13.9 Å². The highest BCUT2D eigenvalue weighted by Gasteiger charge is 2.21. The number of thioether (sulfide) groups is 1. The molecule has 0 bridgehead atoms. The largest absolute Gasteiger partial charge is 0.490 e. The molecule has 0 fully saturated rings. The second-order valence-electron chi connectivity index (χ2n) is 7.70. The average molecular weight is 443 g/mol. The van der Waals surface area contributed by atoms with E-state index in [0.717, 1.165) is 30.1 Å². The maximum absolute atomic E-state index is 12.6. The summed E-state index contributed by atoms with van der Waals surface area (Å²) in [5.41, 5.74) is 2.00. The van der Waals surface area contributed by atoms with Crippen LogP contribution in [0.3, 0.4) is 0 Å². The Bertz CT molecular complexity index is 1080. The molecule has 8 heteroatoms. The number of benzene rings is 1. The minimum absolute atomic E-state index is 0.0176. The predicted molar refractivity (Wildman–Crippen MR) is 116 cm³/mol. The summed E-state index contributed by atoms with van der Waals surface area (Å²) in [5.74, 6) is 2.78. The first kappa shape index (κ1) is 19.6. The SMILES string of the molecule is CC1CCc2sc(-c3nnc(SCC(=O)c4ccc5c(c4)OCCCO5)o3)cc2C1. The number of fused-ring (bicyclic) bond motifs is 2. The van der Waals surface area contributed by atoms with Crippen LogP contribution in [0.15, 0.2) is 33.9 Å². The molecule has 5 rings (SSSR count). The summed E-state index contributed by atoms with van der Waals surface area (Å²) in [5, 5.41) is 8.72. The lowest BCUT2D eigenvalue weighted by molar-refractivity contribution is 0.102. The average Bonchev–Trinajstić information content (AvgIpc) is 3.32. The van der Waals surface area contributed by atoms with Crippen molar-refractivity contribution < 1.29 is 18.7 Å². The molecule has 0 N–H and O–H groups in total. The molecule has 3 aromatic rings. The Morgan fingerprint density at radius 1 is 1.20 bits per heavy atom. The van der Waals surface area contributed by atoms with Gasteiger partial charge in [0.05, 0.1) is 23.8 Å². The van der Waals surface area contributed by atoms with Crippen LogP contribution < -0.4 is 9.47 Å². The third-order valence-corrected chi connectivity index (χ3v) is 7.39. The molecule has 2 aromatic heterocycles. The Hall–Kier alpha value is -2.32. The van der Waals surface area contributed by atoms with Crippen LogP contribution in [-0.4, -0.2) is 34.9 Å². The molecule has 3 heterocycles. The number of ether oxygens (including phenoxy) is 2. The van der Waals surface area contributed by atoms with E-state index in [0.29, 0.717) is 41.4 Å². The van der Waals surface area contributed by atoms with E-state index in [1.54, 1.807) is 29.5 Å². The van der Waals surface area contributed by atoms with Gasteiger partial charge in [0.15, 0.2) is 17.3 Å². The van der Waals surface area contributed by atoms with Crippen molar-refractivity contribution >= 4 is 28.9 Å². The van der Waals surface area contributed by atoms with Crippen LogP contribution in [-0.2, 0) is 12.8 Å². The second kappa shape index (κ2) is 8.43. The number of ketones is 1. The summed E-state index contributed by atoms with van der Waals surface area (Å²) >= 11 is 3.00. The highest BCUT2D eigenvalue weighted by molar-refractivity contribution is 7.99. The number of carbonyl (C=O) groups excluding carboxylic acids is 1. The Kier molecular flexibility index (Phi) is 5.52. The third kappa shape index (κ3) is 4.11. The van der Waals surface area contributed by atoms with Gasteiger partial charge in [0, 0.05) is 16.9 Å². The summed E-state index contributed by atoms with van der Waals surface area (Å²) in [4.78, 5) is 15.1. The third-order valence-electron chi connectivity index (χ3n) is 5.34. The van der Waals surface area contributed by atoms with Crippen LogP contribution in [0.25, 0.3) is 10.8 Å². The van der Waals surface area contributed by atoms with Gasteiger partial charge in [0.25, 0.3) is 11.1 Å². The molecule has 0 saturated heterocycles. The van der Waals surface area contributed by atoms with Gasteiger partial charge in [0.1, 0.15) is 0 Å². The Morgan fingerprint density at radius 3 is 2.97 bits per heavy atom. The molecular formula is C22H22N2O4S2. The molecule has 156 valence electrons. The maximum atomic E-state index is 12.6. The first-order valence-electron chi connectivity index (χ1n) is 10.2. The monoisotopic (exact) mass is 442 g/mol. The van der Waals surface area contributed by atoms with Crippen molar-refractivity contribution in [2.75, 3.05) is 19.0 Å². The van der Waals surface area contributed by atoms with Crippen molar-refractivity contribution in [3.8, 4) is 22.3 Å². The molecule has 0 amide bonds. The lowest BCUT2D eigenvalue weighted by Crippen LogP contribution is -2.07. The van der Waals surface area contributed by atoms with Crippen molar-refractivity contribution in [3.63, 3.8) is 0 Å². The second-order valence-corrected chi connectivity index (χ2v) is 9.77. The van der Waals surface area contributed by atoms with Gasteiger partial charge in [-0.3, -0.25) is 4.79 Å². The van der Waals surface area contributed by atoms with Gasteiger partial charge in [0.2, 0.25) is 0 Å². The van der Waals surface area contributed by atoms with Crippen molar-refractivity contribution in [2.45, 2.75) is 37.8 Å². The smallest absolute Gasteiger partial charge is 0.277 e. The molecule has 1 unspecified atom stereocenters. The van der Waals surface area contributed by atoms with Crippen molar-refractivity contribution in [3.05, 3.63) is 40.3 Å². The molecular weight excluding hydrogens is 420 g/mol. The molecule has 0 saturated carbocycles. The quantitative estimate of drug-likeness (QED) is 0.404. The van der Waals surface area contributed by atoms with E-state index < -0.39 is 0 Å². The van der Waals surface area contributed by atoms with Crippen LogP contribution in [0.5, 0.6) is 11.5 Å². The van der Waals surface area contributed by atoms with Crippen molar-refractivity contribution in [1.29, 1.82) is 0 Å². The van der Waals surface area contributed by atoms with E-state index in [-0.39, 0.29) is 11.5 Å². The summed E-state index contributed by atoms with van der Waals surface area (Å²) in [6.07, 6.45) is 4.31. The standard InChI is InChI=1S/C22H22N2O4S2/c1-13-3-6-19-15(9-13)11-20(30-19)21-23-24-22(28-21)29-12-16(25)14-4-5-17-18(10-14)27-8-2-7-26-17/h4-5,10-11,13H,2-3,6-9,12H2,1H3. The van der Waals surface area contributed by atoms with Crippen LogP contribution >= 0.6 is 23.1 Å². The van der Waals surface area contributed by atoms with E-state index >= 15 is 0 Å². The number of hydrogen-bond acceptors (Lipinski definition) is 8. The molecule has 0 radical (unpaired) electrons. The highest BCUT2D eigenvalue weighted by atomic mass is 32.2. The van der Waals surface area contributed by atoms with Gasteiger partial charge < -0.3 is 13.9 Å². The van der Waals surface area contributed by atoms with Crippen LogP contribution in [0, 0.1) is 5.92 Å². The zero-order valence-electron chi connectivity index (χ0n) is 16.7. The highest BCUT2D eigenvalue weighted by Crippen LogP contribution is 2.37. The number of thiophene rings is 1. The first-order chi connectivity index (χ1) is 14.7. The summed E-state index contributed by atoms with van der Waals surface area (Å²) in [6.45, 7) is 3.51. The molecule has 0 spiro atoms. The van der Waals surface area contributed by atoms with E-state index in [2.05, 4.69) is 23.2 Å². The number of rotatable bonds is 5.